The van der Waals surface area contributed by atoms with Crippen LogP contribution in [0.1, 0.15) is 31.7 Å². The van der Waals surface area contributed by atoms with Crippen LogP contribution in [-0.2, 0) is 6.42 Å². The summed E-state index contributed by atoms with van der Waals surface area (Å²) in [6.07, 6.45) is 3.86. The molecule has 2 N–H and O–H groups in total. The van der Waals surface area contributed by atoms with Crippen LogP contribution in [-0.4, -0.2) is 26.1 Å². The van der Waals surface area contributed by atoms with Crippen LogP contribution in [0.3, 0.4) is 0 Å². The van der Waals surface area contributed by atoms with Gasteiger partial charge in [-0.3, -0.25) is 4.99 Å². The lowest BCUT2D eigenvalue weighted by molar-refractivity contribution is 0.583. The van der Waals surface area contributed by atoms with Gasteiger partial charge in [-0.05, 0) is 36.6 Å². The SMILES string of the molecule is CCCCCNC(=NC)NCCc1cc(F)ccc1F.I. The molecule has 0 saturated carbocycles. The van der Waals surface area contributed by atoms with Gasteiger partial charge in [-0.1, -0.05) is 19.8 Å². The Bertz CT molecular complexity index is 439. The maximum Gasteiger partial charge on any atom is 0.190 e. The van der Waals surface area contributed by atoms with Crippen molar-refractivity contribution in [2.75, 3.05) is 20.1 Å². The lowest BCUT2D eigenvalue weighted by atomic mass is 10.1. The van der Waals surface area contributed by atoms with Gasteiger partial charge in [0, 0.05) is 20.1 Å². The van der Waals surface area contributed by atoms with Crippen molar-refractivity contribution in [1.82, 2.24) is 10.6 Å². The summed E-state index contributed by atoms with van der Waals surface area (Å²) < 4.78 is 26.4. The van der Waals surface area contributed by atoms with Crippen LogP contribution in [0.4, 0.5) is 8.78 Å². The van der Waals surface area contributed by atoms with E-state index in [1.165, 1.54) is 18.9 Å². The average Bonchev–Trinajstić information content (AvgIpc) is 2.45. The summed E-state index contributed by atoms with van der Waals surface area (Å²) in [5.74, 6) is -0.0968. The quantitative estimate of drug-likeness (QED) is 0.312. The molecule has 0 heterocycles. The molecule has 0 unspecified atom stereocenters. The zero-order chi connectivity index (χ0) is 14.8. The number of unbranched alkanes of at least 4 members (excludes halogenated alkanes) is 2. The summed E-state index contributed by atoms with van der Waals surface area (Å²) in [5, 5.41) is 6.28. The zero-order valence-electron chi connectivity index (χ0n) is 12.6. The van der Waals surface area contributed by atoms with E-state index in [0.717, 1.165) is 25.1 Å². The second kappa shape index (κ2) is 11.7. The van der Waals surface area contributed by atoms with Gasteiger partial charge in [0.25, 0.3) is 0 Å². The molecule has 1 aromatic carbocycles. The Hall–Kier alpha value is -0.920. The molecular formula is C15H24F2IN3. The number of nitrogens with one attached hydrogen (secondary N) is 2. The predicted octanol–water partition coefficient (Wildman–Crippen LogP) is 3.48. The number of guanidine groups is 1. The average molecular weight is 411 g/mol. The normalized spacial score (nSPS) is 11.0. The summed E-state index contributed by atoms with van der Waals surface area (Å²) in [6, 6.07) is 3.51. The monoisotopic (exact) mass is 411 g/mol. The highest BCUT2D eigenvalue weighted by atomic mass is 127. The molecule has 0 radical (unpaired) electrons. The molecule has 1 rings (SSSR count). The topological polar surface area (TPSA) is 36.4 Å². The molecule has 0 fully saturated rings. The van der Waals surface area contributed by atoms with E-state index in [9.17, 15) is 8.78 Å². The highest BCUT2D eigenvalue weighted by molar-refractivity contribution is 14.0. The third-order valence-corrected chi connectivity index (χ3v) is 2.99. The van der Waals surface area contributed by atoms with E-state index in [1.807, 2.05) is 0 Å². The fourth-order valence-corrected chi connectivity index (χ4v) is 1.85. The van der Waals surface area contributed by atoms with Gasteiger partial charge in [-0.2, -0.15) is 0 Å². The van der Waals surface area contributed by atoms with Crippen molar-refractivity contribution in [2.45, 2.75) is 32.6 Å². The van der Waals surface area contributed by atoms with Gasteiger partial charge in [-0.15, -0.1) is 24.0 Å². The number of rotatable bonds is 7. The third kappa shape index (κ3) is 8.18. The van der Waals surface area contributed by atoms with Gasteiger partial charge in [0.05, 0.1) is 0 Å². The van der Waals surface area contributed by atoms with Gasteiger partial charge < -0.3 is 10.6 Å². The van der Waals surface area contributed by atoms with Crippen LogP contribution in [0.5, 0.6) is 0 Å². The number of hydrogen-bond acceptors (Lipinski definition) is 1. The fraction of sp³-hybridized carbons (Fsp3) is 0.533. The molecule has 0 amide bonds. The summed E-state index contributed by atoms with van der Waals surface area (Å²) in [4.78, 5) is 4.08. The van der Waals surface area contributed by atoms with Crippen LogP contribution in [0.2, 0.25) is 0 Å². The number of hydrogen-bond donors (Lipinski definition) is 2. The molecule has 0 aliphatic heterocycles. The van der Waals surface area contributed by atoms with E-state index in [0.29, 0.717) is 24.5 Å². The molecule has 0 aromatic heterocycles. The van der Waals surface area contributed by atoms with Crippen LogP contribution in [0.25, 0.3) is 0 Å². The lowest BCUT2D eigenvalue weighted by Gasteiger charge is -2.12. The minimum atomic E-state index is -0.413. The first-order valence-corrected chi connectivity index (χ1v) is 7.05. The van der Waals surface area contributed by atoms with Crippen molar-refractivity contribution in [3.63, 3.8) is 0 Å². The molecular weight excluding hydrogens is 387 g/mol. The first-order chi connectivity index (χ1) is 9.67. The lowest BCUT2D eigenvalue weighted by Crippen LogP contribution is -2.38. The predicted molar refractivity (Wildman–Crippen MR) is 94.4 cm³/mol. The van der Waals surface area contributed by atoms with E-state index >= 15 is 0 Å². The van der Waals surface area contributed by atoms with Crippen LogP contribution in [0, 0.1) is 11.6 Å². The fourth-order valence-electron chi connectivity index (χ4n) is 1.85. The second-order valence-electron chi connectivity index (χ2n) is 4.62. The van der Waals surface area contributed by atoms with Crippen LogP contribution >= 0.6 is 24.0 Å². The Labute approximate surface area is 142 Å². The van der Waals surface area contributed by atoms with Crippen molar-refractivity contribution < 1.29 is 8.78 Å². The van der Waals surface area contributed by atoms with Crippen molar-refractivity contribution in [3.05, 3.63) is 35.4 Å². The molecule has 0 spiro atoms. The van der Waals surface area contributed by atoms with Crippen molar-refractivity contribution in [1.29, 1.82) is 0 Å². The minimum absolute atomic E-state index is 0. The highest BCUT2D eigenvalue weighted by Gasteiger charge is 2.04. The Morgan fingerprint density at radius 3 is 2.52 bits per heavy atom. The molecule has 1 aromatic rings. The van der Waals surface area contributed by atoms with E-state index < -0.39 is 5.82 Å². The number of nitrogens with zero attached hydrogens (tertiary/aromatic N) is 1. The van der Waals surface area contributed by atoms with E-state index in [-0.39, 0.29) is 29.8 Å². The molecule has 0 saturated heterocycles. The first kappa shape index (κ1) is 20.1. The highest BCUT2D eigenvalue weighted by Crippen LogP contribution is 2.09. The number of halogens is 3. The van der Waals surface area contributed by atoms with Gasteiger partial charge >= 0.3 is 0 Å². The number of benzene rings is 1. The summed E-state index contributed by atoms with van der Waals surface area (Å²) in [7, 11) is 1.69. The molecule has 6 heteroatoms. The van der Waals surface area contributed by atoms with Gasteiger partial charge in [0.2, 0.25) is 0 Å². The Balaban J connectivity index is 0.00000400. The van der Waals surface area contributed by atoms with E-state index in [1.54, 1.807) is 7.05 Å². The van der Waals surface area contributed by atoms with Gasteiger partial charge in [0.15, 0.2) is 5.96 Å². The molecule has 0 aliphatic carbocycles. The Morgan fingerprint density at radius 2 is 1.86 bits per heavy atom. The first-order valence-electron chi connectivity index (χ1n) is 7.05. The molecule has 0 bridgehead atoms. The minimum Gasteiger partial charge on any atom is -0.356 e. The largest absolute Gasteiger partial charge is 0.356 e. The Kier molecular flexibility index (Phi) is 11.2. The van der Waals surface area contributed by atoms with Crippen LogP contribution < -0.4 is 10.6 Å². The van der Waals surface area contributed by atoms with Crippen LogP contribution in [0.15, 0.2) is 23.2 Å². The van der Waals surface area contributed by atoms with Gasteiger partial charge in [-0.25, -0.2) is 8.78 Å². The molecule has 0 aliphatic rings. The summed E-state index contributed by atoms with van der Waals surface area (Å²) in [5.41, 5.74) is 0.374. The maximum atomic E-state index is 13.4. The molecule has 120 valence electrons. The standard InChI is InChI=1S/C15H23F2N3.HI/c1-3-4-5-9-19-15(18-2)20-10-8-12-11-13(16)6-7-14(12)17;/h6-7,11H,3-5,8-10H2,1-2H3,(H2,18,19,20);1H. The molecule has 21 heavy (non-hydrogen) atoms. The summed E-state index contributed by atoms with van der Waals surface area (Å²) >= 11 is 0. The van der Waals surface area contributed by atoms with Crippen molar-refractivity contribution in [3.8, 4) is 0 Å². The zero-order valence-corrected chi connectivity index (χ0v) is 14.9. The van der Waals surface area contributed by atoms with Crippen molar-refractivity contribution in [2.24, 2.45) is 4.99 Å². The van der Waals surface area contributed by atoms with E-state index in [4.69, 9.17) is 0 Å². The molecule has 3 nitrogen and oxygen atoms in total. The van der Waals surface area contributed by atoms with E-state index in [2.05, 4.69) is 22.5 Å². The smallest absolute Gasteiger partial charge is 0.190 e. The molecule has 0 atom stereocenters. The maximum absolute atomic E-state index is 13.4. The summed E-state index contributed by atoms with van der Waals surface area (Å²) in [6.45, 7) is 3.52. The van der Waals surface area contributed by atoms with Gasteiger partial charge in [0.1, 0.15) is 11.6 Å². The third-order valence-electron chi connectivity index (χ3n) is 2.99. The second-order valence-corrected chi connectivity index (χ2v) is 4.62. The Morgan fingerprint density at radius 1 is 1.14 bits per heavy atom. The van der Waals surface area contributed by atoms with Crippen molar-refractivity contribution >= 4 is 29.9 Å². The number of aliphatic imine (C=N–C) groups is 1.